The Hall–Kier alpha value is -2.98. The Labute approximate surface area is 117 Å². The summed E-state index contributed by atoms with van der Waals surface area (Å²) in [6, 6.07) is -1.40. The van der Waals surface area contributed by atoms with Gasteiger partial charge in [-0.05, 0) is 9.91 Å². The number of hydrogen-bond acceptors (Lipinski definition) is 6. The number of carboxylic acids is 1. The minimum atomic E-state index is -1.40. The van der Waals surface area contributed by atoms with E-state index >= 15 is 0 Å². The largest absolute Gasteiger partial charge is 0.480 e. The number of nitro groups is 1. The van der Waals surface area contributed by atoms with Crippen molar-refractivity contribution in [3.05, 3.63) is 22.6 Å². The van der Waals surface area contributed by atoms with E-state index in [0.717, 1.165) is 6.20 Å². The molecule has 0 radical (unpaired) electrons. The number of imidazole rings is 1. The number of nitrogens with one attached hydrogen (secondary N) is 1. The first-order valence-corrected chi connectivity index (χ1v) is 5.76. The number of amides is 2. The van der Waals surface area contributed by atoms with Crippen LogP contribution < -0.4 is 11.1 Å². The van der Waals surface area contributed by atoms with Crippen LogP contribution >= 0.6 is 0 Å². The Morgan fingerprint density at radius 2 is 2.19 bits per heavy atom. The van der Waals surface area contributed by atoms with Crippen LogP contribution in [0.25, 0.3) is 0 Å². The van der Waals surface area contributed by atoms with Gasteiger partial charge < -0.3 is 30.8 Å². The summed E-state index contributed by atoms with van der Waals surface area (Å²) >= 11 is 0. The highest BCUT2D eigenvalue weighted by Crippen LogP contribution is 2.06. The molecule has 21 heavy (non-hydrogen) atoms. The van der Waals surface area contributed by atoms with Gasteiger partial charge >= 0.3 is 11.8 Å². The zero-order valence-corrected chi connectivity index (χ0v) is 10.8. The van der Waals surface area contributed by atoms with Crippen molar-refractivity contribution in [1.29, 1.82) is 0 Å². The highest BCUT2D eigenvalue weighted by atomic mass is 16.6. The van der Waals surface area contributed by atoms with Crippen molar-refractivity contribution in [1.82, 2.24) is 14.9 Å². The predicted molar refractivity (Wildman–Crippen MR) is 66.9 cm³/mol. The van der Waals surface area contributed by atoms with Gasteiger partial charge in [-0.2, -0.15) is 0 Å². The molecule has 1 heterocycles. The smallest absolute Gasteiger partial charge is 0.381 e. The molecule has 1 aromatic rings. The molecule has 2 amide bonds. The van der Waals surface area contributed by atoms with Gasteiger partial charge in [0.05, 0.1) is 6.42 Å². The summed E-state index contributed by atoms with van der Waals surface area (Å²) in [5.41, 5.74) is 4.87. The minimum absolute atomic E-state index is 0.0790. The van der Waals surface area contributed by atoms with E-state index in [-0.39, 0.29) is 18.8 Å². The highest BCUT2D eigenvalue weighted by molar-refractivity contribution is 5.88. The summed E-state index contributed by atoms with van der Waals surface area (Å²) < 4.78 is 1.32. The van der Waals surface area contributed by atoms with Gasteiger partial charge in [0.2, 0.25) is 18.1 Å². The standard InChI is InChI=1S/C10H13N5O6/c11-7(16)3-6(10(18)19)13-9(17)1-2-14-4-8(12-5-14)15(20)21/h4-6H,1-3H2,(H2,11,16)(H,13,17)(H,18,19). The molecular formula is C10H13N5O6. The molecular weight excluding hydrogens is 286 g/mol. The molecule has 0 aliphatic rings. The van der Waals surface area contributed by atoms with Gasteiger partial charge in [-0.1, -0.05) is 0 Å². The number of carbonyl (C=O) groups is 3. The average Bonchev–Trinajstić information content (AvgIpc) is 2.83. The van der Waals surface area contributed by atoms with Gasteiger partial charge in [0.1, 0.15) is 12.2 Å². The van der Waals surface area contributed by atoms with E-state index in [2.05, 4.69) is 10.3 Å². The number of carbonyl (C=O) groups excluding carboxylic acids is 2. The third-order valence-corrected chi connectivity index (χ3v) is 2.44. The van der Waals surface area contributed by atoms with Crippen LogP contribution in [0.4, 0.5) is 5.82 Å². The van der Waals surface area contributed by atoms with Gasteiger partial charge in [0.15, 0.2) is 0 Å². The Kier molecular flexibility index (Phi) is 5.34. The minimum Gasteiger partial charge on any atom is -0.480 e. The van der Waals surface area contributed by atoms with Crippen LogP contribution in [0, 0.1) is 10.1 Å². The lowest BCUT2D eigenvalue weighted by Gasteiger charge is -2.12. The molecule has 0 aromatic carbocycles. The predicted octanol–water partition coefficient (Wildman–Crippen LogP) is -1.37. The Morgan fingerprint density at radius 3 is 2.67 bits per heavy atom. The van der Waals surface area contributed by atoms with E-state index in [9.17, 15) is 24.5 Å². The van der Waals surface area contributed by atoms with Gasteiger partial charge in [-0.25, -0.2) is 4.79 Å². The lowest BCUT2D eigenvalue weighted by atomic mass is 10.2. The molecule has 0 aliphatic carbocycles. The fraction of sp³-hybridized carbons (Fsp3) is 0.400. The van der Waals surface area contributed by atoms with E-state index in [0.29, 0.717) is 0 Å². The lowest BCUT2D eigenvalue weighted by molar-refractivity contribution is -0.389. The van der Waals surface area contributed by atoms with Gasteiger partial charge in [-0.3, -0.25) is 9.59 Å². The fourth-order valence-corrected chi connectivity index (χ4v) is 1.46. The molecule has 4 N–H and O–H groups in total. The summed E-state index contributed by atoms with van der Waals surface area (Å²) in [5, 5.41) is 21.4. The summed E-state index contributed by atoms with van der Waals surface area (Å²) in [5.74, 6) is -3.21. The second kappa shape index (κ2) is 6.98. The number of aryl methyl sites for hydroxylation is 1. The number of nitrogens with two attached hydrogens (primary N) is 1. The number of carboxylic acid groups (broad SMARTS) is 1. The van der Waals surface area contributed by atoms with E-state index in [1.54, 1.807) is 0 Å². The van der Waals surface area contributed by atoms with Crippen molar-refractivity contribution in [2.75, 3.05) is 0 Å². The second-order valence-electron chi connectivity index (χ2n) is 4.11. The van der Waals surface area contributed by atoms with Crippen molar-refractivity contribution in [2.24, 2.45) is 5.73 Å². The number of rotatable bonds is 8. The Morgan fingerprint density at radius 1 is 1.52 bits per heavy atom. The average molecular weight is 299 g/mol. The molecule has 0 fully saturated rings. The molecule has 1 rings (SSSR count). The van der Waals surface area contributed by atoms with Crippen LogP contribution in [-0.2, 0) is 20.9 Å². The molecule has 0 aliphatic heterocycles. The first kappa shape index (κ1) is 16.1. The third kappa shape index (κ3) is 5.26. The van der Waals surface area contributed by atoms with Crippen LogP contribution in [-0.4, -0.2) is 43.4 Å². The first-order valence-electron chi connectivity index (χ1n) is 5.76. The first-order chi connectivity index (χ1) is 9.79. The molecule has 11 heteroatoms. The van der Waals surface area contributed by atoms with Crippen LogP contribution in [0.3, 0.4) is 0 Å². The van der Waals surface area contributed by atoms with Gasteiger partial charge in [0, 0.05) is 13.0 Å². The number of primary amides is 1. The molecule has 114 valence electrons. The van der Waals surface area contributed by atoms with Crippen molar-refractivity contribution in [3.8, 4) is 0 Å². The maximum Gasteiger partial charge on any atom is 0.381 e. The molecule has 1 atom stereocenters. The number of aliphatic carboxylic acids is 1. The maximum absolute atomic E-state index is 11.6. The van der Waals surface area contributed by atoms with Crippen LogP contribution in [0.1, 0.15) is 12.8 Å². The van der Waals surface area contributed by atoms with Crippen molar-refractivity contribution in [3.63, 3.8) is 0 Å². The Balaban J connectivity index is 2.50. The zero-order valence-electron chi connectivity index (χ0n) is 10.8. The van der Waals surface area contributed by atoms with E-state index in [1.807, 2.05) is 0 Å². The van der Waals surface area contributed by atoms with Crippen LogP contribution in [0.5, 0.6) is 0 Å². The fourth-order valence-electron chi connectivity index (χ4n) is 1.46. The summed E-state index contributed by atoms with van der Waals surface area (Å²) in [7, 11) is 0. The number of hydrogen-bond donors (Lipinski definition) is 3. The molecule has 0 saturated heterocycles. The van der Waals surface area contributed by atoms with Crippen molar-refractivity contribution >= 4 is 23.6 Å². The second-order valence-corrected chi connectivity index (χ2v) is 4.11. The molecule has 0 spiro atoms. The van der Waals surface area contributed by atoms with Crippen LogP contribution in [0.2, 0.25) is 0 Å². The SMILES string of the molecule is NC(=O)CC(NC(=O)CCn1cnc([N+](=O)[O-])c1)C(=O)O. The third-order valence-electron chi connectivity index (χ3n) is 2.44. The molecule has 0 saturated carbocycles. The van der Waals surface area contributed by atoms with Crippen molar-refractivity contribution in [2.45, 2.75) is 25.4 Å². The van der Waals surface area contributed by atoms with E-state index < -0.39 is 35.2 Å². The highest BCUT2D eigenvalue weighted by Gasteiger charge is 2.22. The summed E-state index contributed by atoms with van der Waals surface area (Å²) in [6.45, 7) is 0.0790. The molecule has 11 nitrogen and oxygen atoms in total. The topological polar surface area (TPSA) is 170 Å². The van der Waals surface area contributed by atoms with Crippen LogP contribution in [0.15, 0.2) is 12.5 Å². The number of nitrogens with zero attached hydrogens (tertiary/aromatic N) is 3. The quantitative estimate of drug-likeness (QED) is 0.392. The molecule has 1 aromatic heterocycles. The number of aromatic nitrogens is 2. The van der Waals surface area contributed by atoms with Gasteiger partial charge in [-0.15, -0.1) is 0 Å². The lowest BCUT2D eigenvalue weighted by Crippen LogP contribution is -2.43. The Bertz CT molecular complexity index is 568. The monoisotopic (exact) mass is 299 g/mol. The molecule has 1 unspecified atom stereocenters. The summed E-state index contributed by atoms with van der Waals surface area (Å²) in [4.78, 5) is 46.3. The normalized spacial score (nSPS) is 11.6. The zero-order chi connectivity index (χ0) is 16.0. The maximum atomic E-state index is 11.6. The van der Waals surface area contributed by atoms with Gasteiger partial charge in [0.25, 0.3) is 0 Å². The molecule has 0 bridgehead atoms. The van der Waals surface area contributed by atoms with E-state index in [4.69, 9.17) is 10.8 Å². The van der Waals surface area contributed by atoms with E-state index in [1.165, 1.54) is 10.9 Å². The summed E-state index contributed by atoms with van der Waals surface area (Å²) in [6.07, 6.45) is 1.68. The van der Waals surface area contributed by atoms with Crippen molar-refractivity contribution < 1.29 is 24.4 Å².